The zero-order valence-electron chi connectivity index (χ0n) is 8.84. The van der Waals surface area contributed by atoms with Gasteiger partial charge in [0.1, 0.15) is 0 Å². The van der Waals surface area contributed by atoms with Crippen molar-refractivity contribution in [1.82, 2.24) is 5.32 Å². The van der Waals surface area contributed by atoms with Crippen molar-refractivity contribution >= 4 is 0 Å². The Kier molecular flexibility index (Phi) is 3.71. The lowest BCUT2D eigenvalue weighted by molar-refractivity contribution is 0.0483. The first-order valence-corrected chi connectivity index (χ1v) is 5.05. The van der Waals surface area contributed by atoms with E-state index in [-0.39, 0.29) is 12.1 Å². The molecule has 0 amide bonds. The fourth-order valence-electron chi connectivity index (χ4n) is 1.48. The largest absolute Gasteiger partial charge is 0.394 e. The van der Waals surface area contributed by atoms with E-state index in [9.17, 15) is 0 Å². The summed E-state index contributed by atoms with van der Waals surface area (Å²) in [6.07, 6.45) is 3.03. The van der Waals surface area contributed by atoms with Crippen molar-refractivity contribution in [2.75, 3.05) is 13.2 Å². The fourth-order valence-corrected chi connectivity index (χ4v) is 1.48. The van der Waals surface area contributed by atoms with E-state index in [4.69, 9.17) is 9.84 Å². The van der Waals surface area contributed by atoms with Gasteiger partial charge in [-0.25, -0.2) is 0 Å². The highest BCUT2D eigenvalue weighted by atomic mass is 16.5. The van der Waals surface area contributed by atoms with Gasteiger partial charge in [-0.2, -0.15) is 0 Å². The van der Waals surface area contributed by atoms with Gasteiger partial charge in [0.2, 0.25) is 0 Å². The highest BCUT2D eigenvalue weighted by molar-refractivity contribution is 4.80. The van der Waals surface area contributed by atoms with Crippen LogP contribution in [0.15, 0.2) is 0 Å². The molecule has 3 heteroatoms. The van der Waals surface area contributed by atoms with Gasteiger partial charge in [0.25, 0.3) is 0 Å². The van der Waals surface area contributed by atoms with E-state index in [1.54, 1.807) is 0 Å². The van der Waals surface area contributed by atoms with Crippen LogP contribution in [-0.4, -0.2) is 36.0 Å². The molecule has 0 aromatic heterocycles. The van der Waals surface area contributed by atoms with E-state index < -0.39 is 0 Å². The van der Waals surface area contributed by atoms with E-state index in [0.29, 0.717) is 12.2 Å². The minimum Gasteiger partial charge on any atom is -0.394 e. The maximum absolute atomic E-state index is 9.02. The molecule has 78 valence electrons. The normalized spacial score (nSPS) is 29.5. The Bertz CT molecular complexity index is 159. The van der Waals surface area contributed by atoms with Crippen LogP contribution in [0.5, 0.6) is 0 Å². The minimum absolute atomic E-state index is 0.162. The number of aliphatic hydroxyl groups excluding tert-OH is 1. The predicted molar refractivity (Wildman–Crippen MR) is 52.7 cm³/mol. The second-order valence-electron chi connectivity index (χ2n) is 4.57. The smallest absolute Gasteiger partial charge is 0.0704 e. The van der Waals surface area contributed by atoms with E-state index >= 15 is 0 Å². The molecule has 0 aromatic carbocycles. The molecule has 1 saturated heterocycles. The maximum Gasteiger partial charge on any atom is 0.0704 e. The lowest BCUT2D eigenvalue weighted by Crippen LogP contribution is -2.46. The second-order valence-corrected chi connectivity index (χ2v) is 4.57. The maximum atomic E-state index is 9.02. The van der Waals surface area contributed by atoms with Crippen LogP contribution in [0.1, 0.15) is 33.6 Å². The van der Waals surface area contributed by atoms with Gasteiger partial charge in [-0.3, -0.25) is 0 Å². The summed E-state index contributed by atoms with van der Waals surface area (Å²) in [5, 5.41) is 12.3. The Morgan fingerprint density at radius 2 is 2.15 bits per heavy atom. The highest BCUT2D eigenvalue weighted by Crippen LogP contribution is 2.18. The number of ether oxygens (including phenoxy) is 1. The lowest BCUT2D eigenvalue weighted by Gasteiger charge is -2.25. The zero-order chi connectivity index (χ0) is 9.90. The topological polar surface area (TPSA) is 41.5 Å². The molecule has 2 unspecified atom stereocenters. The molecule has 1 fully saturated rings. The molecule has 0 aromatic rings. The summed E-state index contributed by atoms with van der Waals surface area (Å²) < 4.78 is 5.66. The molecule has 13 heavy (non-hydrogen) atoms. The predicted octanol–water partition coefficient (Wildman–Crippen LogP) is 0.914. The van der Waals surface area contributed by atoms with Crippen LogP contribution in [-0.2, 0) is 4.74 Å². The highest BCUT2D eigenvalue weighted by Gasteiger charge is 2.24. The van der Waals surface area contributed by atoms with Gasteiger partial charge in [0.15, 0.2) is 0 Å². The van der Waals surface area contributed by atoms with Crippen LogP contribution >= 0.6 is 0 Å². The van der Waals surface area contributed by atoms with Gasteiger partial charge in [0, 0.05) is 12.1 Å². The third kappa shape index (κ3) is 3.63. The van der Waals surface area contributed by atoms with Crippen molar-refractivity contribution in [3.05, 3.63) is 0 Å². The van der Waals surface area contributed by atoms with Crippen LogP contribution < -0.4 is 5.32 Å². The average Bonchev–Trinajstić information content (AvgIpc) is 2.48. The van der Waals surface area contributed by atoms with Crippen molar-refractivity contribution in [3.63, 3.8) is 0 Å². The third-order valence-corrected chi connectivity index (χ3v) is 2.52. The summed E-state index contributed by atoms with van der Waals surface area (Å²) in [4.78, 5) is 0. The average molecular weight is 187 g/mol. The molecule has 1 aliphatic heterocycles. The van der Waals surface area contributed by atoms with Gasteiger partial charge in [0.05, 0.1) is 18.8 Å². The molecule has 1 aliphatic rings. The van der Waals surface area contributed by atoms with Gasteiger partial charge in [-0.1, -0.05) is 0 Å². The molecule has 0 radical (unpaired) electrons. The van der Waals surface area contributed by atoms with Crippen LogP contribution in [0.2, 0.25) is 0 Å². The van der Waals surface area contributed by atoms with Crippen LogP contribution in [0, 0.1) is 0 Å². The molecule has 2 N–H and O–H groups in total. The standard InChI is InChI=1S/C10H21NO2/c1-8-4-5-9(13-8)6-11-10(2,3)7-12/h8-9,11-12H,4-7H2,1-3H3. The van der Waals surface area contributed by atoms with E-state index in [2.05, 4.69) is 12.2 Å². The molecule has 0 spiro atoms. The quantitative estimate of drug-likeness (QED) is 0.687. The Hall–Kier alpha value is -0.120. The first-order valence-electron chi connectivity index (χ1n) is 5.05. The van der Waals surface area contributed by atoms with Gasteiger partial charge in [-0.15, -0.1) is 0 Å². The first kappa shape index (κ1) is 11.0. The minimum atomic E-state index is -0.185. The molecule has 1 heterocycles. The Balaban J connectivity index is 2.19. The molecule has 3 nitrogen and oxygen atoms in total. The van der Waals surface area contributed by atoms with Crippen molar-refractivity contribution < 1.29 is 9.84 Å². The Morgan fingerprint density at radius 1 is 1.46 bits per heavy atom. The molecule has 1 rings (SSSR count). The van der Waals surface area contributed by atoms with Crippen molar-refractivity contribution in [2.24, 2.45) is 0 Å². The summed E-state index contributed by atoms with van der Waals surface area (Å²) in [5.74, 6) is 0. The summed E-state index contributed by atoms with van der Waals surface area (Å²) in [7, 11) is 0. The Labute approximate surface area is 80.5 Å². The second kappa shape index (κ2) is 4.40. The third-order valence-electron chi connectivity index (χ3n) is 2.52. The number of hydrogen-bond acceptors (Lipinski definition) is 3. The summed E-state index contributed by atoms with van der Waals surface area (Å²) >= 11 is 0. The summed E-state index contributed by atoms with van der Waals surface area (Å²) in [6.45, 7) is 7.10. The molecular weight excluding hydrogens is 166 g/mol. The monoisotopic (exact) mass is 187 g/mol. The number of nitrogens with one attached hydrogen (secondary N) is 1. The SMILES string of the molecule is CC1CCC(CNC(C)(C)CO)O1. The van der Waals surface area contributed by atoms with Crippen LogP contribution in [0.3, 0.4) is 0 Å². The van der Waals surface area contributed by atoms with E-state index in [1.165, 1.54) is 0 Å². The van der Waals surface area contributed by atoms with Gasteiger partial charge in [-0.05, 0) is 33.6 Å². The molecule has 0 saturated carbocycles. The number of hydrogen-bond donors (Lipinski definition) is 2. The Morgan fingerprint density at radius 3 is 2.62 bits per heavy atom. The van der Waals surface area contributed by atoms with Crippen molar-refractivity contribution in [3.8, 4) is 0 Å². The molecular formula is C10H21NO2. The molecule has 0 aliphatic carbocycles. The van der Waals surface area contributed by atoms with Crippen molar-refractivity contribution in [2.45, 2.75) is 51.4 Å². The number of aliphatic hydroxyl groups is 1. The fraction of sp³-hybridized carbons (Fsp3) is 1.00. The molecule has 2 atom stereocenters. The lowest BCUT2D eigenvalue weighted by atomic mass is 10.1. The zero-order valence-corrected chi connectivity index (χ0v) is 8.84. The van der Waals surface area contributed by atoms with Crippen LogP contribution in [0.4, 0.5) is 0 Å². The van der Waals surface area contributed by atoms with Crippen molar-refractivity contribution in [1.29, 1.82) is 0 Å². The molecule has 0 bridgehead atoms. The van der Waals surface area contributed by atoms with Gasteiger partial charge < -0.3 is 15.2 Å². The van der Waals surface area contributed by atoms with E-state index in [0.717, 1.165) is 19.4 Å². The van der Waals surface area contributed by atoms with Gasteiger partial charge >= 0.3 is 0 Å². The first-order chi connectivity index (χ1) is 6.03. The van der Waals surface area contributed by atoms with E-state index in [1.807, 2.05) is 13.8 Å². The summed E-state index contributed by atoms with van der Waals surface area (Å²) in [5.41, 5.74) is -0.185. The summed E-state index contributed by atoms with van der Waals surface area (Å²) in [6, 6.07) is 0. The van der Waals surface area contributed by atoms with Crippen LogP contribution in [0.25, 0.3) is 0 Å². The number of rotatable bonds is 4.